The van der Waals surface area contributed by atoms with Gasteiger partial charge in [-0.25, -0.2) is 0 Å². The average Bonchev–Trinajstić information content (AvgIpc) is 2.49. The Hall–Kier alpha value is 0.0600. The highest BCUT2D eigenvalue weighted by Gasteiger charge is 2.18. The zero-order chi connectivity index (χ0) is 9.14. The van der Waals surface area contributed by atoms with Gasteiger partial charge in [0.2, 0.25) is 0 Å². The van der Waals surface area contributed by atoms with Crippen molar-refractivity contribution in [1.82, 2.24) is 0 Å². The molecule has 1 rings (SSSR count). The molecule has 0 aromatic carbocycles. The second kappa shape index (κ2) is 4.34. The fraction of sp³-hybridized carbons (Fsp3) is 0.429. The largest absolute Gasteiger partial charge is 0.394 e. The van der Waals surface area contributed by atoms with E-state index in [2.05, 4.69) is 15.9 Å². The molecule has 3 nitrogen and oxygen atoms in total. The standard InChI is InChI=1S/C7H9BrO3S/c8-6-2-1-5(12-6)7(11)4(10)3-9/h1-2,4,7,9-11H,3H2. The molecule has 0 spiro atoms. The third-order valence-corrected chi connectivity index (χ3v) is 3.13. The summed E-state index contributed by atoms with van der Waals surface area (Å²) in [7, 11) is 0. The topological polar surface area (TPSA) is 60.7 Å². The molecule has 0 bridgehead atoms. The van der Waals surface area contributed by atoms with Gasteiger partial charge in [0.05, 0.1) is 10.4 Å². The van der Waals surface area contributed by atoms with Crippen molar-refractivity contribution in [1.29, 1.82) is 0 Å². The van der Waals surface area contributed by atoms with Crippen LogP contribution in [0.4, 0.5) is 0 Å². The van der Waals surface area contributed by atoms with Crippen LogP contribution < -0.4 is 0 Å². The van der Waals surface area contributed by atoms with Gasteiger partial charge in [-0.15, -0.1) is 11.3 Å². The number of thiophene rings is 1. The van der Waals surface area contributed by atoms with Crippen LogP contribution in [0, 0.1) is 0 Å². The quantitative estimate of drug-likeness (QED) is 0.750. The molecule has 2 atom stereocenters. The first-order valence-corrected chi connectivity index (χ1v) is 4.98. The van der Waals surface area contributed by atoms with E-state index in [1.807, 2.05) is 0 Å². The first kappa shape index (κ1) is 10.1. The lowest BCUT2D eigenvalue weighted by molar-refractivity contribution is -0.0135. The molecule has 0 radical (unpaired) electrons. The second-order valence-electron chi connectivity index (χ2n) is 2.34. The van der Waals surface area contributed by atoms with Crippen LogP contribution in [0.2, 0.25) is 0 Å². The number of halogens is 1. The molecule has 1 aromatic heterocycles. The van der Waals surface area contributed by atoms with Gasteiger partial charge in [-0.05, 0) is 28.1 Å². The molecule has 0 saturated carbocycles. The van der Waals surface area contributed by atoms with Crippen molar-refractivity contribution >= 4 is 27.3 Å². The lowest BCUT2D eigenvalue weighted by Gasteiger charge is -2.12. The van der Waals surface area contributed by atoms with Gasteiger partial charge in [0, 0.05) is 4.88 Å². The lowest BCUT2D eigenvalue weighted by atomic mass is 10.2. The van der Waals surface area contributed by atoms with E-state index in [0.717, 1.165) is 3.79 Å². The molecule has 1 aromatic rings. The summed E-state index contributed by atoms with van der Waals surface area (Å²) in [5.41, 5.74) is 0. The van der Waals surface area contributed by atoms with E-state index in [-0.39, 0.29) is 0 Å². The minimum atomic E-state index is -1.10. The van der Waals surface area contributed by atoms with Crippen LogP contribution in [0.1, 0.15) is 11.0 Å². The van der Waals surface area contributed by atoms with E-state index in [4.69, 9.17) is 10.2 Å². The average molecular weight is 253 g/mol. The molecule has 0 amide bonds. The smallest absolute Gasteiger partial charge is 0.116 e. The maximum atomic E-state index is 9.38. The fourth-order valence-corrected chi connectivity index (χ4v) is 2.24. The Kier molecular flexibility index (Phi) is 3.67. The van der Waals surface area contributed by atoms with E-state index in [9.17, 15) is 5.11 Å². The maximum absolute atomic E-state index is 9.38. The van der Waals surface area contributed by atoms with Crippen molar-refractivity contribution < 1.29 is 15.3 Å². The summed E-state index contributed by atoms with van der Waals surface area (Å²) in [6, 6.07) is 3.49. The third kappa shape index (κ3) is 2.27. The van der Waals surface area contributed by atoms with Crippen LogP contribution in [0.25, 0.3) is 0 Å². The molecular formula is C7H9BrO3S. The van der Waals surface area contributed by atoms with E-state index in [1.54, 1.807) is 12.1 Å². The minimum Gasteiger partial charge on any atom is -0.394 e. The fourth-order valence-electron chi connectivity index (χ4n) is 0.777. The predicted octanol–water partition coefficient (Wildman–Crippen LogP) is 0.897. The van der Waals surface area contributed by atoms with E-state index in [0.29, 0.717) is 4.88 Å². The van der Waals surface area contributed by atoms with Gasteiger partial charge in [0.15, 0.2) is 0 Å². The van der Waals surface area contributed by atoms with Gasteiger partial charge in [0.25, 0.3) is 0 Å². The SMILES string of the molecule is OCC(O)C(O)c1ccc(Br)s1. The number of aliphatic hydroxyl groups is 3. The Bertz CT molecular complexity index is 251. The van der Waals surface area contributed by atoms with Gasteiger partial charge in [-0.1, -0.05) is 0 Å². The molecule has 2 unspecified atom stereocenters. The summed E-state index contributed by atoms with van der Waals surface area (Å²) in [4.78, 5) is 0.642. The summed E-state index contributed by atoms with van der Waals surface area (Å²) in [6.45, 7) is -0.434. The Morgan fingerprint density at radius 2 is 2.08 bits per heavy atom. The predicted molar refractivity (Wildman–Crippen MR) is 50.1 cm³/mol. The van der Waals surface area contributed by atoms with Crippen molar-refractivity contribution in [3.63, 3.8) is 0 Å². The minimum absolute atomic E-state index is 0.434. The molecule has 3 N–H and O–H groups in total. The molecular weight excluding hydrogens is 244 g/mol. The molecule has 68 valence electrons. The van der Waals surface area contributed by atoms with E-state index in [1.165, 1.54) is 11.3 Å². The Morgan fingerprint density at radius 1 is 1.42 bits per heavy atom. The summed E-state index contributed by atoms with van der Waals surface area (Å²) in [5.74, 6) is 0. The molecule has 0 aliphatic heterocycles. The Morgan fingerprint density at radius 3 is 2.50 bits per heavy atom. The molecule has 0 aliphatic rings. The normalized spacial score (nSPS) is 16.0. The van der Waals surface area contributed by atoms with Crippen LogP contribution in [0.3, 0.4) is 0 Å². The number of aliphatic hydroxyl groups excluding tert-OH is 3. The molecule has 0 saturated heterocycles. The second-order valence-corrected chi connectivity index (χ2v) is 4.83. The van der Waals surface area contributed by atoms with Crippen molar-refractivity contribution in [2.75, 3.05) is 6.61 Å². The van der Waals surface area contributed by atoms with Crippen LogP contribution >= 0.6 is 27.3 Å². The van der Waals surface area contributed by atoms with Crippen molar-refractivity contribution in [3.8, 4) is 0 Å². The molecule has 0 aliphatic carbocycles. The van der Waals surface area contributed by atoms with Crippen molar-refractivity contribution in [3.05, 3.63) is 20.8 Å². The molecule has 5 heteroatoms. The first-order valence-electron chi connectivity index (χ1n) is 3.37. The highest BCUT2D eigenvalue weighted by Crippen LogP contribution is 2.28. The molecule has 1 heterocycles. The van der Waals surface area contributed by atoms with Crippen LogP contribution in [-0.2, 0) is 0 Å². The van der Waals surface area contributed by atoms with Gasteiger partial charge in [0.1, 0.15) is 12.2 Å². The van der Waals surface area contributed by atoms with Crippen molar-refractivity contribution in [2.45, 2.75) is 12.2 Å². The molecule has 12 heavy (non-hydrogen) atoms. The van der Waals surface area contributed by atoms with Gasteiger partial charge in [-0.3, -0.25) is 0 Å². The molecule has 0 fully saturated rings. The summed E-state index contributed by atoms with van der Waals surface area (Å²) in [6.07, 6.45) is -2.10. The zero-order valence-corrected chi connectivity index (χ0v) is 8.55. The van der Waals surface area contributed by atoms with Gasteiger partial charge < -0.3 is 15.3 Å². The maximum Gasteiger partial charge on any atom is 0.116 e. The van der Waals surface area contributed by atoms with E-state index >= 15 is 0 Å². The van der Waals surface area contributed by atoms with Crippen molar-refractivity contribution in [2.24, 2.45) is 0 Å². The van der Waals surface area contributed by atoms with Crippen LogP contribution in [0.15, 0.2) is 15.9 Å². The highest BCUT2D eigenvalue weighted by atomic mass is 79.9. The monoisotopic (exact) mass is 252 g/mol. The van der Waals surface area contributed by atoms with Gasteiger partial charge >= 0.3 is 0 Å². The van der Waals surface area contributed by atoms with Crippen LogP contribution in [-0.4, -0.2) is 28.0 Å². The van der Waals surface area contributed by atoms with E-state index < -0.39 is 18.8 Å². The number of hydrogen-bond donors (Lipinski definition) is 3. The number of rotatable bonds is 3. The highest BCUT2D eigenvalue weighted by molar-refractivity contribution is 9.11. The summed E-state index contributed by atoms with van der Waals surface area (Å²) < 4.78 is 0.890. The first-order chi connectivity index (χ1) is 5.65. The summed E-state index contributed by atoms with van der Waals surface area (Å²) in [5, 5.41) is 27.0. The lowest BCUT2D eigenvalue weighted by Crippen LogP contribution is -2.21. The van der Waals surface area contributed by atoms with Gasteiger partial charge in [-0.2, -0.15) is 0 Å². The zero-order valence-electron chi connectivity index (χ0n) is 6.14. The Labute approximate surface area is 82.4 Å². The third-order valence-electron chi connectivity index (χ3n) is 1.44. The Balaban J connectivity index is 2.70. The summed E-state index contributed by atoms with van der Waals surface area (Å²) >= 11 is 4.57. The van der Waals surface area contributed by atoms with Crippen LogP contribution in [0.5, 0.6) is 0 Å². The number of hydrogen-bond acceptors (Lipinski definition) is 4.